The number of hydrogen-bond donors (Lipinski definition) is 1. The van der Waals surface area contributed by atoms with Crippen LogP contribution in [0.25, 0.3) is 0 Å². The van der Waals surface area contributed by atoms with Crippen LogP contribution in [0.3, 0.4) is 0 Å². The third-order valence-corrected chi connectivity index (χ3v) is 4.83. The molecule has 0 aromatic heterocycles. The fourth-order valence-electron chi connectivity index (χ4n) is 3.66. The molecule has 2 aliphatic rings. The predicted molar refractivity (Wildman–Crippen MR) is 86.9 cm³/mol. The van der Waals surface area contributed by atoms with Gasteiger partial charge in [-0.3, -0.25) is 9.59 Å². The van der Waals surface area contributed by atoms with Crippen molar-refractivity contribution in [2.24, 2.45) is 5.92 Å². The number of benzene rings is 1. The van der Waals surface area contributed by atoms with E-state index < -0.39 is 17.9 Å². The highest BCUT2D eigenvalue weighted by Crippen LogP contribution is 2.39. The molecular weight excluding hydrogens is 310 g/mol. The first kappa shape index (κ1) is 16.8. The van der Waals surface area contributed by atoms with E-state index in [4.69, 9.17) is 9.47 Å². The molecule has 1 fully saturated rings. The second kappa shape index (κ2) is 7.21. The van der Waals surface area contributed by atoms with Gasteiger partial charge >= 0.3 is 5.97 Å². The summed E-state index contributed by atoms with van der Waals surface area (Å²) in [5.74, 6) is -0.546. The smallest absolute Gasteiger partial charge is 0.308 e. The van der Waals surface area contributed by atoms with Gasteiger partial charge in [-0.1, -0.05) is 6.07 Å². The molecule has 0 unspecified atom stereocenters. The number of rotatable bonds is 6. The zero-order valence-electron chi connectivity index (χ0n) is 13.9. The van der Waals surface area contributed by atoms with Gasteiger partial charge in [0.15, 0.2) is 0 Å². The fraction of sp³-hybridized carbons (Fsp3) is 0.556. The average Bonchev–Trinajstić information content (AvgIpc) is 3.03. The van der Waals surface area contributed by atoms with Crippen LogP contribution in [0.1, 0.15) is 36.4 Å². The van der Waals surface area contributed by atoms with Crippen LogP contribution in [0.2, 0.25) is 0 Å². The molecule has 0 saturated carbocycles. The van der Waals surface area contributed by atoms with E-state index in [-0.39, 0.29) is 12.3 Å². The standard InChI is InChI=1S/C18H23NO5/c1-23-9-2-8-19-16(20)6-4-14(18(21)22)17(19)13-3-5-15-12(11-13)7-10-24-15/h3,5,11,14,17H,2,4,6-10H2,1H3,(H,21,22)/t14-,17-/m0/s1. The maximum Gasteiger partial charge on any atom is 0.308 e. The lowest BCUT2D eigenvalue weighted by atomic mass is 9.83. The van der Waals surface area contributed by atoms with Crippen LogP contribution in [0.15, 0.2) is 18.2 Å². The van der Waals surface area contributed by atoms with E-state index in [0.29, 0.717) is 32.6 Å². The first-order valence-corrected chi connectivity index (χ1v) is 8.38. The third-order valence-electron chi connectivity index (χ3n) is 4.83. The zero-order chi connectivity index (χ0) is 17.1. The molecule has 2 atom stereocenters. The van der Waals surface area contributed by atoms with Gasteiger partial charge in [0.05, 0.1) is 18.6 Å². The summed E-state index contributed by atoms with van der Waals surface area (Å²) in [7, 11) is 1.62. The molecule has 2 heterocycles. The van der Waals surface area contributed by atoms with Crippen molar-refractivity contribution in [1.29, 1.82) is 0 Å². The topological polar surface area (TPSA) is 76.1 Å². The first-order valence-electron chi connectivity index (χ1n) is 8.38. The molecule has 1 saturated heterocycles. The minimum Gasteiger partial charge on any atom is -0.493 e. The van der Waals surface area contributed by atoms with Crippen LogP contribution in [0.4, 0.5) is 0 Å². The van der Waals surface area contributed by atoms with Gasteiger partial charge in [0.1, 0.15) is 5.75 Å². The monoisotopic (exact) mass is 333 g/mol. The van der Waals surface area contributed by atoms with Crippen molar-refractivity contribution in [3.63, 3.8) is 0 Å². The zero-order valence-corrected chi connectivity index (χ0v) is 13.9. The Bertz CT molecular complexity index is 630. The Morgan fingerprint density at radius 3 is 3.00 bits per heavy atom. The summed E-state index contributed by atoms with van der Waals surface area (Å²) in [4.78, 5) is 25.9. The SMILES string of the molecule is COCCCN1C(=O)CC[C@H](C(=O)O)[C@@H]1c1ccc2c(c1)CCO2. The summed E-state index contributed by atoms with van der Waals surface area (Å²) < 4.78 is 10.6. The Labute approximate surface area is 141 Å². The molecule has 0 aliphatic carbocycles. The van der Waals surface area contributed by atoms with Crippen LogP contribution >= 0.6 is 0 Å². The molecule has 0 bridgehead atoms. The van der Waals surface area contributed by atoms with Crippen molar-refractivity contribution in [2.45, 2.75) is 31.7 Å². The van der Waals surface area contributed by atoms with Gasteiger partial charge in [-0.15, -0.1) is 0 Å². The highest BCUT2D eigenvalue weighted by atomic mass is 16.5. The van der Waals surface area contributed by atoms with E-state index in [1.807, 2.05) is 18.2 Å². The number of methoxy groups -OCH3 is 1. The number of likely N-dealkylation sites (tertiary alicyclic amines) is 1. The maximum atomic E-state index is 12.4. The summed E-state index contributed by atoms with van der Waals surface area (Å²) in [6, 6.07) is 5.37. The van der Waals surface area contributed by atoms with Gasteiger partial charge in [-0.2, -0.15) is 0 Å². The molecule has 2 aliphatic heterocycles. The largest absolute Gasteiger partial charge is 0.493 e. The van der Waals surface area contributed by atoms with Crippen LogP contribution in [-0.2, 0) is 20.7 Å². The number of carboxylic acid groups (broad SMARTS) is 1. The number of piperidine rings is 1. The Balaban J connectivity index is 1.92. The second-order valence-electron chi connectivity index (χ2n) is 6.33. The summed E-state index contributed by atoms with van der Waals surface area (Å²) >= 11 is 0. The summed E-state index contributed by atoms with van der Waals surface area (Å²) in [5.41, 5.74) is 1.98. The van der Waals surface area contributed by atoms with Crippen LogP contribution in [0, 0.1) is 5.92 Å². The molecule has 1 aromatic rings. The molecular formula is C18H23NO5. The predicted octanol–water partition coefficient (Wildman–Crippen LogP) is 2.02. The number of ether oxygens (including phenoxy) is 2. The lowest BCUT2D eigenvalue weighted by Gasteiger charge is -2.40. The molecule has 1 aromatic carbocycles. The van der Waals surface area contributed by atoms with E-state index in [2.05, 4.69) is 0 Å². The van der Waals surface area contributed by atoms with E-state index in [1.54, 1.807) is 12.0 Å². The second-order valence-corrected chi connectivity index (χ2v) is 6.33. The highest BCUT2D eigenvalue weighted by Gasteiger charge is 2.40. The molecule has 1 amide bonds. The number of fused-ring (bicyclic) bond motifs is 1. The molecule has 24 heavy (non-hydrogen) atoms. The minimum atomic E-state index is -0.846. The van der Waals surface area contributed by atoms with Gasteiger partial charge < -0.3 is 19.5 Å². The van der Waals surface area contributed by atoms with Gasteiger partial charge in [-0.05, 0) is 36.1 Å². The van der Waals surface area contributed by atoms with Gasteiger partial charge in [-0.25, -0.2) is 0 Å². The fourth-order valence-corrected chi connectivity index (χ4v) is 3.66. The number of nitrogens with zero attached hydrogens (tertiary/aromatic N) is 1. The number of carbonyl (C=O) groups excluding carboxylic acids is 1. The normalized spacial score (nSPS) is 23.0. The molecule has 6 heteroatoms. The van der Waals surface area contributed by atoms with Crippen molar-refractivity contribution in [3.05, 3.63) is 29.3 Å². The highest BCUT2D eigenvalue weighted by molar-refractivity contribution is 5.81. The number of amides is 1. The quantitative estimate of drug-likeness (QED) is 0.806. The van der Waals surface area contributed by atoms with Crippen molar-refractivity contribution in [3.8, 4) is 5.75 Å². The molecule has 1 N–H and O–H groups in total. The first-order chi connectivity index (χ1) is 11.6. The molecule has 3 rings (SSSR count). The van der Waals surface area contributed by atoms with E-state index in [0.717, 1.165) is 23.3 Å². The third kappa shape index (κ3) is 3.24. The Morgan fingerprint density at radius 1 is 1.42 bits per heavy atom. The Hall–Kier alpha value is -2.08. The lowest BCUT2D eigenvalue weighted by Crippen LogP contribution is -2.46. The average molecular weight is 333 g/mol. The maximum absolute atomic E-state index is 12.4. The summed E-state index contributed by atoms with van der Waals surface area (Å²) in [5, 5.41) is 9.65. The molecule has 0 radical (unpaired) electrons. The van der Waals surface area contributed by atoms with Gasteiger partial charge in [0.2, 0.25) is 5.91 Å². The van der Waals surface area contributed by atoms with E-state index in [1.165, 1.54) is 0 Å². The number of hydrogen-bond acceptors (Lipinski definition) is 4. The van der Waals surface area contributed by atoms with Gasteiger partial charge in [0.25, 0.3) is 0 Å². The Kier molecular flexibility index (Phi) is 5.04. The van der Waals surface area contributed by atoms with Crippen molar-refractivity contribution in [1.82, 2.24) is 4.90 Å². The molecule has 6 nitrogen and oxygen atoms in total. The van der Waals surface area contributed by atoms with Crippen molar-refractivity contribution < 1.29 is 24.2 Å². The molecule has 0 spiro atoms. The van der Waals surface area contributed by atoms with E-state index >= 15 is 0 Å². The van der Waals surface area contributed by atoms with Crippen molar-refractivity contribution >= 4 is 11.9 Å². The lowest BCUT2D eigenvalue weighted by molar-refractivity contribution is -0.152. The van der Waals surface area contributed by atoms with Gasteiger partial charge in [0, 0.05) is 33.1 Å². The van der Waals surface area contributed by atoms with Crippen LogP contribution in [-0.4, -0.2) is 48.8 Å². The van der Waals surface area contributed by atoms with Crippen molar-refractivity contribution in [2.75, 3.05) is 26.9 Å². The number of carboxylic acids is 1. The number of aliphatic carboxylic acids is 1. The molecule has 130 valence electrons. The van der Waals surface area contributed by atoms with E-state index in [9.17, 15) is 14.7 Å². The van der Waals surface area contributed by atoms with Crippen LogP contribution in [0.5, 0.6) is 5.75 Å². The summed E-state index contributed by atoms with van der Waals surface area (Å²) in [6.07, 6.45) is 2.19. The number of carbonyl (C=O) groups is 2. The van der Waals surface area contributed by atoms with Crippen LogP contribution < -0.4 is 4.74 Å². The minimum absolute atomic E-state index is 0.0188. The Morgan fingerprint density at radius 2 is 2.25 bits per heavy atom. The summed E-state index contributed by atoms with van der Waals surface area (Å²) in [6.45, 7) is 1.71.